The van der Waals surface area contributed by atoms with E-state index in [1.165, 1.54) is 31.2 Å². The fourth-order valence-electron chi connectivity index (χ4n) is 2.98. The average Bonchev–Trinajstić information content (AvgIpc) is 2.89. The molecule has 0 aromatic heterocycles. The third-order valence-corrected chi connectivity index (χ3v) is 4.89. The number of rotatable bonds is 4. The molecule has 2 aromatic rings. The summed E-state index contributed by atoms with van der Waals surface area (Å²) in [6, 6.07) is 10.5. The molecular formula is C19H19N5O4S. The first-order chi connectivity index (χ1) is 13.6. The standard InChI is InChI=1S/C19H19N5O4S/c1-11-4-5-12(2)15(10-11)20-17(29)22-23-16(25)19(3,21-18(23)26)13-6-8-14(9-7-13)24(27)28/h4-10H,1-3H3,(H,21,26)(H2,20,22,29)/t19-/m1/s1. The Bertz CT molecular complexity index is 1020. The van der Waals surface area contributed by atoms with E-state index in [0.29, 0.717) is 5.56 Å². The molecular weight excluding hydrogens is 394 g/mol. The maximum atomic E-state index is 12.9. The Morgan fingerprint density at radius 2 is 1.83 bits per heavy atom. The minimum Gasteiger partial charge on any atom is -0.331 e. The van der Waals surface area contributed by atoms with E-state index < -0.39 is 22.4 Å². The lowest BCUT2D eigenvalue weighted by molar-refractivity contribution is -0.384. The molecule has 29 heavy (non-hydrogen) atoms. The molecule has 1 fully saturated rings. The van der Waals surface area contributed by atoms with E-state index in [1.807, 2.05) is 32.0 Å². The Hall–Kier alpha value is -3.53. The number of nitrogens with zero attached hydrogens (tertiary/aromatic N) is 2. The summed E-state index contributed by atoms with van der Waals surface area (Å²) in [5, 5.41) is 17.3. The molecule has 1 atom stereocenters. The zero-order chi connectivity index (χ0) is 21.3. The fraction of sp³-hybridized carbons (Fsp3) is 0.211. The van der Waals surface area contributed by atoms with Crippen molar-refractivity contribution in [3.8, 4) is 0 Å². The highest BCUT2D eigenvalue weighted by molar-refractivity contribution is 7.80. The quantitative estimate of drug-likeness (QED) is 0.305. The number of imide groups is 1. The van der Waals surface area contributed by atoms with Gasteiger partial charge in [0.25, 0.3) is 11.6 Å². The highest BCUT2D eigenvalue weighted by Crippen LogP contribution is 2.29. The van der Waals surface area contributed by atoms with Crippen LogP contribution in [0.15, 0.2) is 42.5 Å². The van der Waals surface area contributed by atoms with Crippen LogP contribution < -0.4 is 16.1 Å². The second-order valence-corrected chi connectivity index (χ2v) is 7.29. The third kappa shape index (κ3) is 3.87. The number of nitrogens with one attached hydrogen (secondary N) is 3. The van der Waals surface area contributed by atoms with E-state index in [1.54, 1.807) is 0 Å². The Balaban J connectivity index is 1.76. The minimum atomic E-state index is -1.38. The molecule has 1 aliphatic heterocycles. The van der Waals surface area contributed by atoms with Crippen LogP contribution in [-0.4, -0.2) is 27.0 Å². The van der Waals surface area contributed by atoms with Crippen LogP contribution in [-0.2, 0) is 10.3 Å². The van der Waals surface area contributed by atoms with Crippen molar-refractivity contribution in [3.05, 3.63) is 69.3 Å². The smallest absolute Gasteiger partial charge is 0.331 e. The summed E-state index contributed by atoms with van der Waals surface area (Å²) in [6.07, 6.45) is 0. The number of non-ortho nitro benzene ring substituents is 1. The van der Waals surface area contributed by atoms with E-state index in [4.69, 9.17) is 12.2 Å². The van der Waals surface area contributed by atoms with Crippen LogP contribution in [0.25, 0.3) is 0 Å². The first-order valence-electron chi connectivity index (χ1n) is 8.68. The van der Waals surface area contributed by atoms with E-state index in [9.17, 15) is 19.7 Å². The molecule has 1 saturated heterocycles. The van der Waals surface area contributed by atoms with Gasteiger partial charge in [0.15, 0.2) is 5.11 Å². The Labute approximate surface area is 172 Å². The zero-order valence-electron chi connectivity index (χ0n) is 16.0. The van der Waals surface area contributed by atoms with Crippen molar-refractivity contribution in [3.63, 3.8) is 0 Å². The number of hydrazine groups is 1. The lowest BCUT2D eigenvalue weighted by Crippen LogP contribution is -2.49. The predicted octanol–water partition coefficient (Wildman–Crippen LogP) is 2.88. The summed E-state index contributed by atoms with van der Waals surface area (Å²) in [4.78, 5) is 35.6. The second-order valence-electron chi connectivity index (χ2n) is 6.88. The van der Waals surface area contributed by atoms with Crippen molar-refractivity contribution in [2.75, 3.05) is 5.32 Å². The van der Waals surface area contributed by atoms with E-state index >= 15 is 0 Å². The van der Waals surface area contributed by atoms with Gasteiger partial charge in [0, 0.05) is 17.8 Å². The molecule has 3 rings (SSSR count). The van der Waals surface area contributed by atoms with E-state index in [0.717, 1.165) is 21.8 Å². The maximum Gasteiger partial charge on any atom is 0.344 e. The van der Waals surface area contributed by atoms with Crippen LogP contribution in [0, 0.1) is 24.0 Å². The molecule has 0 radical (unpaired) electrons. The van der Waals surface area contributed by atoms with Gasteiger partial charge in [-0.2, -0.15) is 5.01 Å². The van der Waals surface area contributed by atoms with Crippen LogP contribution in [0.4, 0.5) is 16.2 Å². The molecule has 0 bridgehead atoms. The Morgan fingerprint density at radius 3 is 2.45 bits per heavy atom. The number of benzene rings is 2. The topological polar surface area (TPSA) is 117 Å². The summed E-state index contributed by atoms with van der Waals surface area (Å²) < 4.78 is 0. The highest BCUT2D eigenvalue weighted by Gasteiger charge is 2.49. The van der Waals surface area contributed by atoms with Crippen molar-refractivity contribution in [1.29, 1.82) is 0 Å². The normalized spacial score (nSPS) is 18.4. The third-order valence-electron chi connectivity index (χ3n) is 4.70. The lowest BCUT2D eigenvalue weighted by Gasteiger charge is -2.22. The number of nitro benzene ring substituents is 1. The molecule has 0 unspecified atom stereocenters. The van der Waals surface area contributed by atoms with E-state index in [2.05, 4.69) is 16.1 Å². The SMILES string of the molecule is Cc1ccc(C)c(NC(=S)NN2C(=O)N[C@](C)(c3ccc([N+](=O)[O-])cc3)C2=O)c1. The molecule has 0 spiro atoms. The molecule has 1 heterocycles. The number of hydrogen-bond acceptors (Lipinski definition) is 5. The number of hydrogen-bond donors (Lipinski definition) is 3. The molecule has 0 saturated carbocycles. The van der Waals surface area contributed by atoms with Gasteiger partial charge < -0.3 is 10.6 Å². The molecule has 150 valence electrons. The van der Waals surface area contributed by atoms with Crippen LogP contribution in [0.3, 0.4) is 0 Å². The molecule has 2 aromatic carbocycles. The van der Waals surface area contributed by atoms with Gasteiger partial charge in [-0.25, -0.2) is 4.79 Å². The molecule has 3 amide bonds. The number of urea groups is 1. The fourth-order valence-corrected chi connectivity index (χ4v) is 3.18. The largest absolute Gasteiger partial charge is 0.344 e. The minimum absolute atomic E-state index is 0.0788. The summed E-state index contributed by atoms with van der Waals surface area (Å²) in [7, 11) is 0. The molecule has 3 N–H and O–H groups in total. The Morgan fingerprint density at radius 1 is 1.17 bits per heavy atom. The first kappa shape index (κ1) is 20.2. The molecule has 1 aliphatic rings. The van der Waals surface area contributed by atoms with Crippen LogP contribution in [0.1, 0.15) is 23.6 Å². The van der Waals surface area contributed by atoms with Crippen LogP contribution in [0.5, 0.6) is 0 Å². The van der Waals surface area contributed by atoms with Crippen molar-refractivity contribution in [2.45, 2.75) is 26.3 Å². The van der Waals surface area contributed by atoms with Gasteiger partial charge in [-0.05, 0) is 67.9 Å². The number of anilines is 1. The number of amides is 3. The van der Waals surface area contributed by atoms with Gasteiger partial charge in [-0.15, -0.1) is 0 Å². The van der Waals surface area contributed by atoms with Gasteiger partial charge in [0.1, 0.15) is 5.54 Å². The van der Waals surface area contributed by atoms with Gasteiger partial charge in [-0.3, -0.25) is 20.3 Å². The number of thiocarbonyl (C=S) groups is 1. The summed E-state index contributed by atoms with van der Waals surface area (Å²) in [5.74, 6) is -0.582. The van der Waals surface area contributed by atoms with Crippen molar-refractivity contribution < 1.29 is 14.5 Å². The highest BCUT2D eigenvalue weighted by atomic mass is 32.1. The number of carbonyl (C=O) groups excluding carboxylic acids is 2. The predicted molar refractivity (Wildman–Crippen MR) is 111 cm³/mol. The first-order valence-corrected chi connectivity index (χ1v) is 9.09. The van der Waals surface area contributed by atoms with Crippen molar-refractivity contribution in [2.24, 2.45) is 0 Å². The van der Waals surface area contributed by atoms with Crippen molar-refractivity contribution in [1.82, 2.24) is 15.8 Å². The number of carbonyl (C=O) groups is 2. The van der Waals surface area contributed by atoms with Gasteiger partial charge in [0.05, 0.1) is 4.92 Å². The van der Waals surface area contributed by atoms with Gasteiger partial charge in [0.2, 0.25) is 0 Å². The van der Waals surface area contributed by atoms with Crippen molar-refractivity contribution >= 4 is 40.6 Å². The summed E-state index contributed by atoms with van der Waals surface area (Å²) in [5.41, 5.74) is 4.28. The summed E-state index contributed by atoms with van der Waals surface area (Å²) in [6.45, 7) is 5.37. The summed E-state index contributed by atoms with van der Waals surface area (Å²) >= 11 is 5.25. The van der Waals surface area contributed by atoms with Crippen LogP contribution in [0.2, 0.25) is 0 Å². The average molecular weight is 413 g/mol. The zero-order valence-corrected chi connectivity index (χ0v) is 16.8. The molecule has 10 heteroatoms. The number of aryl methyl sites for hydroxylation is 2. The maximum absolute atomic E-state index is 12.9. The van der Waals surface area contributed by atoms with Crippen LogP contribution >= 0.6 is 12.2 Å². The molecule has 0 aliphatic carbocycles. The monoisotopic (exact) mass is 413 g/mol. The van der Waals surface area contributed by atoms with E-state index in [-0.39, 0.29) is 10.8 Å². The molecule has 9 nitrogen and oxygen atoms in total. The second kappa shape index (κ2) is 7.47. The number of nitro groups is 1. The van der Waals surface area contributed by atoms with Gasteiger partial charge in [-0.1, -0.05) is 12.1 Å². The van der Waals surface area contributed by atoms with Gasteiger partial charge >= 0.3 is 6.03 Å². The lowest BCUT2D eigenvalue weighted by atomic mass is 9.92. The Kier molecular flexibility index (Phi) is 5.21.